The molecule has 3 N–H and O–H groups in total. The number of hydrogen-bond donors (Lipinski definition) is 2. The van der Waals surface area contributed by atoms with Crippen molar-refractivity contribution in [2.24, 2.45) is 0 Å². The molecular formula is C17H13Cl2N7. The van der Waals surface area contributed by atoms with Gasteiger partial charge in [-0.15, -0.1) is 0 Å². The summed E-state index contributed by atoms with van der Waals surface area (Å²) in [6.45, 7) is 1.84. The maximum absolute atomic E-state index is 6.29. The molecule has 0 saturated carbocycles. The van der Waals surface area contributed by atoms with Gasteiger partial charge in [0.05, 0.1) is 20.9 Å². The molecule has 3 heterocycles. The van der Waals surface area contributed by atoms with Crippen molar-refractivity contribution in [3.8, 4) is 5.69 Å². The highest BCUT2D eigenvalue weighted by Gasteiger charge is 2.13. The Kier molecular flexibility index (Phi) is 4.10. The summed E-state index contributed by atoms with van der Waals surface area (Å²) in [6.07, 6.45) is 3.47. The number of anilines is 3. The fourth-order valence-corrected chi connectivity index (χ4v) is 3.21. The number of nitrogens with zero attached hydrogens (tertiary/aromatic N) is 5. The SMILES string of the molecule is Cc1cc(Nc2nccc3nn(-c4c(Cl)cccc4Cl)cc23)nc(N)n1. The first-order chi connectivity index (χ1) is 12.5. The number of nitrogen functional groups attached to an aromatic ring is 1. The summed E-state index contributed by atoms with van der Waals surface area (Å²) in [4.78, 5) is 12.6. The van der Waals surface area contributed by atoms with E-state index in [1.54, 1.807) is 41.2 Å². The van der Waals surface area contributed by atoms with Crippen LogP contribution in [0.25, 0.3) is 16.6 Å². The van der Waals surface area contributed by atoms with Gasteiger partial charge in [0.2, 0.25) is 5.95 Å². The van der Waals surface area contributed by atoms with Gasteiger partial charge in [0.1, 0.15) is 17.3 Å². The van der Waals surface area contributed by atoms with E-state index in [1.165, 1.54) is 0 Å². The van der Waals surface area contributed by atoms with Crippen molar-refractivity contribution in [1.29, 1.82) is 0 Å². The summed E-state index contributed by atoms with van der Waals surface area (Å²) in [7, 11) is 0. The normalized spacial score (nSPS) is 11.0. The molecular weight excluding hydrogens is 373 g/mol. The van der Waals surface area contributed by atoms with Gasteiger partial charge in [-0.2, -0.15) is 10.1 Å². The maximum atomic E-state index is 6.29. The molecule has 4 rings (SSSR count). The molecule has 3 aromatic heterocycles. The second-order valence-electron chi connectivity index (χ2n) is 5.61. The lowest BCUT2D eigenvalue weighted by atomic mass is 10.3. The second-order valence-corrected chi connectivity index (χ2v) is 6.43. The summed E-state index contributed by atoms with van der Waals surface area (Å²) in [5.74, 6) is 1.34. The van der Waals surface area contributed by atoms with Crippen molar-refractivity contribution >= 4 is 51.7 Å². The maximum Gasteiger partial charge on any atom is 0.222 e. The number of rotatable bonds is 3. The Hall–Kier alpha value is -2.90. The van der Waals surface area contributed by atoms with Crippen molar-refractivity contribution in [3.63, 3.8) is 0 Å². The van der Waals surface area contributed by atoms with E-state index in [2.05, 4.69) is 25.4 Å². The lowest BCUT2D eigenvalue weighted by Crippen LogP contribution is -2.02. The largest absolute Gasteiger partial charge is 0.368 e. The van der Waals surface area contributed by atoms with Crippen LogP contribution in [0.2, 0.25) is 10.0 Å². The standard InChI is InChI=1S/C17H13Cl2N7/c1-9-7-14(24-17(20)22-9)23-16-10-8-26(25-13(10)5-6-21-16)15-11(18)3-2-4-12(15)19/h2-8H,1H3,(H3,20,21,22,23,24). The van der Waals surface area contributed by atoms with Crippen molar-refractivity contribution in [1.82, 2.24) is 24.7 Å². The highest BCUT2D eigenvalue weighted by molar-refractivity contribution is 6.37. The fourth-order valence-electron chi connectivity index (χ4n) is 2.64. The number of aryl methyl sites for hydroxylation is 1. The number of benzene rings is 1. The number of fused-ring (bicyclic) bond motifs is 1. The Morgan fingerprint density at radius 2 is 1.88 bits per heavy atom. The van der Waals surface area contributed by atoms with E-state index < -0.39 is 0 Å². The molecule has 0 aliphatic rings. The molecule has 0 aliphatic carbocycles. The quantitative estimate of drug-likeness (QED) is 0.549. The lowest BCUT2D eigenvalue weighted by molar-refractivity contribution is 0.897. The summed E-state index contributed by atoms with van der Waals surface area (Å²) >= 11 is 12.6. The zero-order chi connectivity index (χ0) is 18.3. The third-order valence-corrected chi connectivity index (χ3v) is 4.33. The fraction of sp³-hybridized carbons (Fsp3) is 0.0588. The van der Waals surface area contributed by atoms with E-state index in [9.17, 15) is 0 Å². The molecule has 0 unspecified atom stereocenters. The van der Waals surface area contributed by atoms with Crippen LogP contribution in [-0.2, 0) is 0 Å². The number of para-hydroxylation sites is 1. The smallest absolute Gasteiger partial charge is 0.222 e. The van der Waals surface area contributed by atoms with E-state index in [0.29, 0.717) is 27.4 Å². The number of nitrogens with two attached hydrogens (primary N) is 1. The van der Waals surface area contributed by atoms with Gasteiger partial charge in [0, 0.05) is 24.2 Å². The van der Waals surface area contributed by atoms with Gasteiger partial charge in [0.15, 0.2) is 0 Å². The molecule has 4 aromatic rings. The highest BCUT2D eigenvalue weighted by Crippen LogP contribution is 2.31. The number of aromatic nitrogens is 5. The summed E-state index contributed by atoms with van der Waals surface area (Å²) in [6, 6.07) is 8.90. The first kappa shape index (κ1) is 16.6. The predicted molar refractivity (Wildman–Crippen MR) is 103 cm³/mol. The lowest BCUT2D eigenvalue weighted by Gasteiger charge is -2.07. The van der Waals surface area contributed by atoms with Gasteiger partial charge in [-0.1, -0.05) is 29.3 Å². The molecule has 0 fully saturated rings. The molecule has 9 heteroatoms. The molecule has 130 valence electrons. The van der Waals surface area contributed by atoms with Gasteiger partial charge in [-0.05, 0) is 25.1 Å². The van der Waals surface area contributed by atoms with Gasteiger partial charge in [-0.3, -0.25) is 0 Å². The van der Waals surface area contributed by atoms with E-state index in [1.807, 2.05) is 13.1 Å². The van der Waals surface area contributed by atoms with Gasteiger partial charge in [0.25, 0.3) is 0 Å². The van der Waals surface area contributed by atoms with E-state index in [4.69, 9.17) is 28.9 Å². The van der Waals surface area contributed by atoms with Crippen LogP contribution in [0.3, 0.4) is 0 Å². The average Bonchev–Trinajstić information content (AvgIpc) is 2.98. The number of halogens is 2. The third kappa shape index (κ3) is 3.02. The zero-order valence-electron chi connectivity index (χ0n) is 13.6. The molecule has 7 nitrogen and oxygen atoms in total. The first-order valence-electron chi connectivity index (χ1n) is 7.68. The Labute approximate surface area is 158 Å². The van der Waals surface area contributed by atoms with E-state index >= 15 is 0 Å². The molecule has 0 saturated heterocycles. The molecule has 0 spiro atoms. The van der Waals surface area contributed by atoms with Crippen LogP contribution in [0.15, 0.2) is 42.7 Å². The van der Waals surface area contributed by atoms with Gasteiger partial charge < -0.3 is 11.1 Å². The predicted octanol–water partition coefficient (Wildman–Crippen LogP) is 4.15. The zero-order valence-corrected chi connectivity index (χ0v) is 15.1. The number of hydrogen-bond acceptors (Lipinski definition) is 6. The summed E-state index contributed by atoms with van der Waals surface area (Å²) in [5.41, 5.74) is 7.81. The Morgan fingerprint density at radius 1 is 1.12 bits per heavy atom. The third-order valence-electron chi connectivity index (χ3n) is 3.72. The van der Waals surface area contributed by atoms with Crippen LogP contribution in [0.5, 0.6) is 0 Å². The minimum atomic E-state index is 0.193. The Bertz CT molecular complexity index is 1080. The topological polar surface area (TPSA) is 94.5 Å². The monoisotopic (exact) mass is 385 g/mol. The van der Waals surface area contributed by atoms with Crippen LogP contribution in [0.4, 0.5) is 17.6 Å². The van der Waals surface area contributed by atoms with Crippen LogP contribution < -0.4 is 11.1 Å². The molecule has 0 atom stereocenters. The Balaban J connectivity index is 1.81. The molecule has 0 aliphatic heterocycles. The number of nitrogens with one attached hydrogen (secondary N) is 1. The second kappa shape index (κ2) is 6.44. The highest BCUT2D eigenvalue weighted by atomic mass is 35.5. The first-order valence-corrected chi connectivity index (χ1v) is 8.44. The van der Waals surface area contributed by atoms with Crippen molar-refractivity contribution in [2.45, 2.75) is 6.92 Å². The number of pyridine rings is 1. The molecule has 1 aromatic carbocycles. The van der Waals surface area contributed by atoms with Crippen molar-refractivity contribution in [2.75, 3.05) is 11.1 Å². The van der Waals surface area contributed by atoms with Gasteiger partial charge >= 0.3 is 0 Å². The Morgan fingerprint density at radius 3 is 2.62 bits per heavy atom. The molecule has 0 bridgehead atoms. The average molecular weight is 386 g/mol. The van der Waals surface area contributed by atoms with Crippen LogP contribution in [-0.4, -0.2) is 24.7 Å². The minimum absolute atomic E-state index is 0.193. The molecule has 0 radical (unpaired) electrons. The minimum Gasteiger partial charge on any atom is -0.368 e. The van der Waals surface area contributed by atoms with Gasteiger partial charge in [-0.25, -0.2) is 14.6 Å². The van der Waals surface area contributed by atoms with Crippen molar-refractivity contribution in [3.05, 3.63) is 58.5 Å². The van der Waals surface area contributed by atoms with Crippen LogP contribution >= 0.6 is 23.2 Å². The van der Waals surface area contributed by atoms with Crippen molar-refractivity contribution < 1.29 is 0 Å². The van der Waals surface area contributed by atoms with Crippen LogP contribution in [0, 0.1) is 6.92 Å². The van der Waals surface area contributed by atoms with E-state index in [-0.39, 0.29) is 5.95 Å². The molecule has 0 amide bonds. The van der Waals surface area contributed by atoms with Crippen LogP contribution in [0.1, 0.15) is 5.69 Å². The van der Waals surface area contributed by atoms with E-state index in [0.717, 1.165) is 16.6 Å². The summed E-state index contributed by atoms with van der Waals surface area (Å²) < 4.78 is 1.64. The molecule has 26 heavy (non-hydrogen) atoms. The summed E-state index contributed by atoms with van der Waals surface area (Å²) in [5, 5.41) is 9.52.